The van der Waals surface area contributed by atoms with E-state index in [2.05, 4.69) is 36.1 Å². The lowest BCUT2D eigenvalue weighted by molar-refractivity contribution is -0.126. The zero-order valence-electron chi connectivity index (χ0n) is 17.1. The van der Waals surface area contributed by atoms with Gasteiger partial charge in [0, 0.05) is 41.9 Å². The highest BCUT2D eigenvalue weighted by atomic mass is 79.9. The smallest absolute Gasteiger partial charge is 0.227 e. The van der Waals surface area contributed by atoms with Crippen LogP contribution in [0.1, 0.15) is 37.1 Å². The van der Waals surface area contributed by atoms with Crippen molar-refractivity contribution in [2.24, 2.45) is 5.92 Å². The Labute approximate surface area is 185 Å². The van der Waals surface area contributed by atoms with Crippen LogP contribution in [0, 0.1) is 12.8 Å². The van der Waals surface area contributed by atoms with E-state index in [9.17, 15) is 9.59 Å². The Hall–Kier alpha value is -2.48. The van der Waals surface area contributed by atoms with Gasteiger partial charge < -0.3 is 15.1 Å². The minimum atomic E-state index is -0.360. The highest BCUT2D eigenvalue weighted by Gasteiger charge is 2.35. The maximum Gasteiger partial charge on any atom is 0.227 e. The van der Waals surface area contributed by atoms with Crippen LogP contribution in [0.2, 0.25) is 0 Å². The Morgan fingerprint density at radius 1 is 1.20 bits per heavy atom. The molecule has 3 heterocycles. The lowest BCUT2D eigenvalue weighted by atomic mass is 10.1. The van der Waals surface area contributed by atoms with E-state index < -0.39 is 0 Å². The zero-order chi connectivity index (χ0) is 21.1. The van der Waals surface area contributed by atoms with Crippen LogP contribution < -0.4 is 15.1 Å². The maximum absolute atomic E-state index is 12.7. The molecule has 0 saturated carbocycles. The second-order valence-electron chi connectivity index (χ2n) is 7.95. The van der Waals surface area contributed by atoms with Crippen LogP contribution in [0.15, 0.2) is 34.8 Å². The number of piperidine rings is 1. The van der Waals surface area contributed by atoms with Gasteiger partial charge in [0.05, 0.1) is 18.2 Å². The summed E-state index contributed by atoms with van der Waals surface area (Å²) in [5.74, 6) is 0.243. The van der Waals surface area contributed by atoms with Crippen LogP contribution in [0.3, 0.4) is 0 Å². The summed E-state index contributed by atoms with van der Waals surface area (Å²) < 4.78 is 0.907. The predicted molar refractivity (Wildman–Crippen MR) is 119 cm³/mol. The Morgan fingerprint density at radius 3 is 2.77 bits per heavy atom. The molecule has 1 N–H and O–H groups in total. The van der Waals surface area contributed by atoms with E-state index in [1.54, 1.807) is 4.90 Å². The predicted octanol–water partition coefficient (Wildman–Crippen LogP) is 3.21. The molecule has 2 aromatic rings. The number of carbonyl (C=O) groups is 2. The summed E-state index contributed by atoms with van der Waals surface area (Å²) in [4.78, 5) is 38.3. The van der Waals surface area contributed by atoms with Gasteiger partial charge in [-0.3, -0.25) is 9.59 Å². The number of rotatable bonds is 5. The fraction of sp³-hybridized carbons (Fsp3) is 0.455. The zero-order valence-corrected chi connectivity index (χ0v) is 18.7. The van der Waals surface area contributed by atoms with Crippen molar-refractivity contribution in [3.8, 4) is 0 Å². The van der Waals surface area contributed by atoms with Crippen molar-refractivity contribution in [2.75, 3.05) is 29.4 Å². The van der Waals surface area contributed by atoms with Crippen molar-refractivity contribution < 1.29 is 9.59 Å². The number of nitrogens with one attached hydrogen (secondary N) is 1. The number of amides is 2. The molecule has 2 fully saturated rings. The molecule has 7 nitrogen and oxygen atoms in total. The first-order chi connectivity index (χ1) is 14.5. The number of benzene rings is 1. The first-order valence-corrected chi connectivity index (χ1v) is 11.2. The fourth-order valence-electron chi connectivity index (χ4n) is 4.04. The summed E-state index contributed by atoms with van der Waals surface area (Å²) in [5.41, 5.74) is 2.50. The summed E-state index contributed by atoms with van der Waals surface area (Å²) in [6.07, 6.45) is 3.80. The SMILES string of the molecule is Cc1cc(CNC(=O)C2CC(=O)N(c3cccc(Br)c3)C2)nc(N2CCCCC2)n1. The fourth-order valence-corrected chi connectivity index (χ4v) is 4.43. The Kier molecular flexibility index (Phi) is 6.32. The average molecular weight is 472 g/mol. The lowest BCUT2D eigenvalue weighted by Crippen LogP contribution is -2.34. The highest BCUT2D eigenvalue weighted by Crippen LogP contribution is 2.27. The van der Waals surface area contributed by atoms with Crippen LogP contribution in [-0.2, 0) is 16.1 Å². The molecule has 4 rings (SSSR count). The van der Waals surface area contributed by atoms with Crippen LogP contribution in [0.25, 0.3) is 0 Å². The Balaban J connectivity index is 1.38. The third kappa shape index (κ3) is 4.80. The average Bonchev–Trinajstić information content (AvgIpc) is 3.14. The van der Waals surface area contributed by atoms with Gasteiger partial charge in [-0.1, -0.05) is 22.0 Å². The largest absolute Gasteiger partial charge is 0.350 e. The van der Waals surface area contributed by atoms with Crippen molar-refractivity contribution in [3.63, 3.8) is 0 Å². The van der Waals surface area contributed by atoms with Gasteiger partial charge >= 0.3 is 0 Å². The normalized spacial score (nSPS) is 19.3. The lowest BCUT2D eigenvalue weighted by Gasteiger charge is -2.27. The van der Waals surface area contributed by atoms with E-state index in [4.69, 9.17) is 0 Å². The number of aromatic nitrogens is 2. The molecule has 0 aliphatic carbocycles. The number of aryl methyl sites for hydroxylation is 1. The molecule has 8 heteroatoms. The molecule has 0 bridgehead atoms. The van der Waals surface area contributed by atoms with E-state index in [1.807, 2.05) is 37.3 Å². The number of nitrogens with zero attached hydrogens (tertiary/aromatic N) is 4. The number of carbonyl (C=O) groups excluding carboxylic acids is 2. The van der Waals surface area contributed by atoms with Crippen molar-refractivity contribution in [1.29, 1.82) is 0 Å². The van der Waals surface area contributed by atoms with Gasteiger partial charge in [-0.05, 0) is 50.5 Å². The quantitative estimate of drug-likeness (QED) is 0.723. The van der Waals surface area contributed by atoms with Gasteiger partial charge in [-0.15, -0.1) is 0 Å². The van der Waals surface area contributed by atoms with Gasteiger partial charge in [0.1, 0.15) is 0 Å². The van der Waals surface area contributed by atoms with Crippen LogP contribution >= 0.6 is 15.9 Å². The monoisotopic (exact) mass is 471 g/mol. The number of halogens is 1. The maximum atomic E-state index is 12.7. The molecule has 1 aromatic carbocycles. The third-order valence-electron chi connectivity index (χ3n) is 5.59. The summed E-state index contributed by atoms with van der Waals surface area (Å²) in [6.45, 7) is 4.63. The molecule has 2 saturated heterocycles. The second-order valence-corrected chi connectivity index (χ2v) is 8.87. The summed E-state index contributed by atoms with van der Waals surface area (Å²) in [5, 5.41) is 2.97. The molecule has 0 radical (unpaired) electrons. The molecule has 2 amide bonds. The molecule has 2 aliphatic rings. The summed E-state index contributed by atoms with van der Waals surface area (Å²) >= 11 is 3.43. The van der Waals surface area contributed by atoms with Crippen molar-refractivity contribution in [1.82, 2.24) is 15.3 Å². The van der Waals surface area contributed by atoms with Gasteiger partial charge in [-0.2, -0.15) is 0 Å². The minimum absolute atomic E-state index is 0.0292. The van der Waals surface area contributed by atoms with Gasteiger partial charge in [-0.25, -0.2) is 9.97 Å². The van der Waals surface area contributed by atoms with Gasteiger partial charge in [0.15, 0.2) is 0 Å². The minimum Gasteiger partial charge on any atom is -0.350 e. The molecular formula is C22H26BrN5O2. The van der Waals surface area contributed by atoms with Crippen molar-refractivity contribution >= 4 is 39.4 Å². The Bertz CT molecular complexity index is 945. The summed E-state index contributed by atoms with van der Waals surface area (Å²) in [7, 11) is 0. The van der Waals surface area contributed by atoms with Crippen LogP contribution in [-0.4, -0.2) is 41.4 Å². The van der Waals surface area contributed by atoms with Gasteiger partial charge in [0.25, 0.3) is 0 Å². The molecule has 2 aliphatic heterocycles. The highest BCUT2D eigenvalue weighted by molar-refractivity contribution is 9.10. The second kappa shape index (κ2) is 9.12. The first-order valence-electron chi connectivity index (χ1n) is 10.4. The molecule has 0 spiro atoms. The van der Waals surface area contributed by atoms with Crippen LogP contribution in [0.5, 0.6) is 0 Å². The van der Waals surface area contributed by atoms with E-state index in [-0.39, 0.29) is 24.2 Å². The van der Waals surface area contributed by atoms with E-state index in [0.29, 0.717) is 13.1 Å². The van der Waals surface area contributed by atoms with Crippen molar-refractivity contribution in [2.45, 2.75) is 39.2 Å². The van der Waals surface area contributed by atoms with E-state index >= 15 is 0 Å². The number of anilines is 2. The molecule has 158 valence electrons. The molecule has 1 aromatic heterocycles. The van der Waals surface area contributed by atoms with E-state index in [0.717, 1.165) is 53.4 Å². The molecule has 1 unspecified atom stereocenters. The molecular weight excluding hydrogens is 446 g/mol. The number of hydrogen-bond donors (Lipinski definition) is 1. The van der Waals surface area contributed by atoms with E-state index in [1.165, 1.54) is 6.42 Å². The van der Waals surface area contributed by atoms with Crippen molar-refractivity contribution in [3.05, 3.63) is 46.2 Å². The third-order valence-corrected chi connectivity index (χ3v) is 6.09. The topological polar surface area (TPSA) is 78.4 Å². The molecule has 30 heavy (non-hydrogen) atoms. The summed E-state index contributed by atoms with van der Waals surface area (Å²) in [6, 6.07) is 9.48. The van der Waals surface area contributed by atoms with Crippen LogP contribution in [0.4, 0.5) is 11.6 Å². The molecule has 1 atom stereocenters. The Morgan fingerprint density at radius 2 is 2.00 bits per heavy atom. The number of hydrogen-bond acceptors (Lipinski definition) is 5. The standard InChI is InChI=1S/C22H26BrN5O2/c1-15-10-18(26-22(25-15)27-8-3-2-4-9-27)13-24-21(30)16-11-20(29)28(14-16)19-7-5-6-17(23)12-19/h5-7,10,12,16H,2-4,8-9,11,13-14H2,1H3,(H,24,30). The first kappa shape index (κ1) is 20.8. The van der Waals surface area contributed by atoms with Gasteiger partial charge in [0.2, 0.25) is 17.8 Å².